The molecule has 0 radical (unpaired) electrons. The zero-order valence-corrected chi connectivity index (χ0v) is 7.03. The van der Waals surface area contributed by atoms with Crippen LogP contribution in [0.25, 0.3) is 0 Å². The fourth-order valence-corrected chi connectivity index (χ4v) is 0.909. The van der Waals surface area contributed by atoms with Crippen molar-refractivity contribution < 1.29 is 4.74 Å². The first-order valence-electron chi connectivity index (χ1n) is 3.66. The first-order chi connectivity index (χ1) is 5.88. The van der Waals surface area contributed by atoms with Gasteiger partial charge in [0.05, 0.1) is 7.11 Å². The van der Waals surface area contributed by atoms with Crippen LogP contribution in [-0.4, -0.2) is 13.0 Å². The Bertz CT molecular complexity index is 277. The van der Waals surface area contributed by atoms with Crippen LogP contribution in [0.1, 0.15) is 5.56 Å². The number of hydrogen-bond acceptors (Lipinski definition) is 2. The minimum Gasteiger partial charge on any atom is -0.481 e. The van der Waals surface area contributed by atoms with Crippen LogP contribution in [0, 0.1) is 0 Å². The summed E-state index contributed by atoms with van der Waals surface area (Å²) in [5.41, 5.74) is 0.958. The van der Waals surface area contributed by atoms with E-state index in [-0.39, 0.29) is 0 Å². The van der Waals surface area contributed by atoms with Crippen molar-refractivity contribution in [2.75, 3.05) is 7.11 Å². The number of methoxy groups -OCH3 is 1. The van der Waals surface area contributed by atoms with E-state index in [1.807, 2.05) is 30.3 Å². The Morgan fingerprint density at radius 3 is 2.58 bits per heavy atom. The van der Waals surface area contributed by atoms with Gasteiger partial charge in [-0.3, -0.25) is 0 Å². The van der Waals surface area contributed by atoms with Crippen molar-refractivity contribution in [3.63, 3.8) is 0 Å². The Morgan fingerprint density at radius 1 is 1.42 bits per heavy atom. The topological polar surface area (TPSA) is 21.6 Å². The number of nitrogens with zero attached hydrogens (tertiary/aromatic N) is 1. The van der Waals surface area contributed by atoms with E-state index in [9.17, 15) is 0 Å². The molecular formula is C10H11NO. The predicted octanol–water partition coefficient (Wildman–Crippen LogP) is 2.22. The molecule has 1 rings (SSSR count). The third-order valence-electron chi connectivity index (χ3n) is 1.42. The number of rotatable bonds is 2. The van der Waals surface area contributed by atoms with Crippen LogP contribution in [0.2, 0.25) is 0 Å². The molecule has 0 aliphatic rings. The first kappa shape index (κ1) is 8.53. The molecule has 0 N–H and O–H groups in total. The van der Waals surface area contributed by atoms with Gasteiger partial charge in [-0.25, -0.2) is 4.99 Å². The molecule has 0 saturated carbocycles. The van der Waals surface area contributed by atoms with Gasteiger partial charge in [0, 0.05) is 11.8 Å². The van der Waals surface area contributed by atoms with Crippen LogP contribution in [0.4, 0.5) is 0 Å². The van der Waals surface area contributed by atoms with Gasteiger partial charge in [0.1, 0.15) is 0 Å². The van der Waals surface area contributed by atoms with Gasteiger partial charge < -0.3 is 4.74 Å². The lowest BCUT2D eigenvalue weighted by Gasteiger charge is -2.02. The van der Waals surface area contributed by atoms with Crippen LogP contribution >= 0.6 is 0 Å². The Balaban J connectivity index is 2.95. The molecule has 0 atom stereocenters. The summed E-state index contributed by atoms with van der Waals surface area (Å²) < 4.78 is 5.06. The van der Waals surface area contributed by atoms with E-state index < -0.39 is 0 Å². The molecule has 2 heteroatoms. The Morgan fingerprint density at radius 2 is 2.08 bits per heavy atom. The van der Waals surface area contributed by atoms with Crippen molar-refractivity contribution >= 4 is 5.90 Å². The van der Waals surface area contributed by atoms with E-state index in [0.29, 0.717) is 5.90 Å². The lowest BCUT2D eigenvalue weighted by atomic mass is 10.2. The standard InChI is InChI=1S/C10H11NO/c1-3-11-10(12-2)9-7-5-4-6-8-9/h3-8H,1H2,2H3. The molecule has 1 aromatic carbocycles. The van der Waals surface area contributed by atoms with Crippen molar-refractivity contribution in [1.82, 2.24) is 0 Å². The third kappa shape index (κ3) is 1.95. The normalized spacial score (nSPS) is 10.9. The van der Waals surface area contributed by atoms with Gasteiger partial charge in [-0.05, 0) is 12.1 Å². The van der Waals surface area contributed by atoms with E-state index in [0.717, 1.165) is 5.56 Å². The molecule has 0 aromatic heterocycles. The molecule has 2 nitrogen and oxygen atoms in total. The van der Waals surface area contributed by atoms with Crippen LogP contribution in [0.3, 0.4) is 0 Å². The zero-order chi connectivity index (χ0) is 8.81. The van der Waals surface area contributed by atoms with E-state index in [1.165, 1.54) is 6.20 Å². The molecule has 0 unspecified atom stereocenters. The van der Waals surface area contributed by atoms with Gasteiger partial charge in [-0.2, -0.15) is 0 Å². The second-order valence-electron chi connectivity index (χ2n) is 2.19. The largest absolute Gasteiger partial charge is 0.481 e. The monoisotopic (exact) mass is 161 g/mol. The summed E-state index contributed by atoms with van der Waals surface area (Å²) in [6, 6.07) is 9.70. The quantitative estimate of drug-likeness (QED) is 0.481. The number of benzene rings is 1. The molecule has 0 aliphatic carbocycles. The van der Waals surface area contributed by atoms with Gasteiger partial charge >= 0.3 is 0 Å². The molecular weight excluding hydrogens is 150 g/mol. The van der Waals surface area contributed by atoms with Crippen LogP contribution < -0.4 is 0 Å². The summed E-state index contributed by atoms with van der Waals surface area (Å²) in [5.74, 6) is 0.589. The molecule has 0 amide bonds. The summed E-state index contributed by atoms with van der Waals surface area (Å²) in [5, 5.41) is 0. The van der Waals surface area contributed by atoms with Crippen molar-refractivity contribution in [3.05, 3.63) is 48.7 Å². The Labute approximate surface area is 72.2 Å². The molecule has 0 heterocycles. The average Bonchev–Trinajstić information content (AvgIpc) is 2.15. The van der Waals surface area contributed by atoms with Crippen molar-refractivity contribution in [2.24, 2.45) is 4.99 Å². The summed E-state index contributed by atoms with van der Waals surface area (Å²) in [7, 11) is 1.59. The molecule has 0 aliphatic heterocycles. The lowest BCUT2D eigenvalue weighted by molar-refractivity contribution is 0.405. The minimum absolute atomic E-state index is 0.589. The summed E-state index contributed by atoms with van der Waals surface area (Å²) in [4.78, 5) is 3.97. The van der Waals surface area contributed by atoms with Gasteiger partial charge in [-0.1, -0.05) is 24.8 Å². The van der Waals surface area contributed by atoms with E-state index in [2.05, 4.69) is 11.6 Å². The van der Waals surface area contributed by atoms with Crippen LogP contribution in [0.5, 0.6) is 0 Å². The lowest BCUT2D eigenvalue weighted by Crippen LogP contribution is -2.01. The molecule has 0 bridgehead atoms. The highest BCUT2D eigenvalue weighted by molar-refractivity contribution is 5.94. The fourth-order valence-electron chi connectivity index (χ4n) is 0.909. The van der Waals surface area contributed by atoms with Crippen molar-refractivity contribution in [2.45, 2.75) is 0 Å². The van der Waals surface area contributed by atoms with Gasteiger partial charge in [-0.15, -0.1) is 0 Å². The highest BCUT2D eigenvalue weighted by Crippen LogP contribution is 2.01. The average molecular weight is 161 g/mol. The molecule has 0 fully saturated rings. The predicted molar refractivity (Wildman–Crippen MR) is 50.2 cm³/mol. The molecule has 0 spiro atoms. The fraction of sp³-hybridized carbons (Fsp3) is 0.100. The summed E-state index contributed by atoms with van der Waals surface area (Å²) in [6.07, 6.45) is 1.46. The Hall–Kier alpha value is -1.57. The maximum Gasteiger partial charge on any atom is 0.220 e. The SMILES string of the molecule is C=CN=C(OC)c1ccccc1. The van der Waals surface area contributed by atoms with Crippen LogP contribution in [0.15, 0.2) is 48.1 Å². The minimum atomic E-state index is 0.589. The third-order valence-corrected chi connectivity index (χ3v) is 1.42. The highest BCUT2D eigenvalue weighted by Gasteiger charge is 1.98. The van der Waals surface area contributed by atoms with Crippen LogP contribution in [-0.2, 0) is 4.74 Å². The maximum atomic E-state index is 5.06. The number of aliphatic imine (C=N–C) groups is 1. The smallest absolute Gasteiger partial charge is 0.220 e. The first-order valence-corrected chi connectivity index (χ1v) is 3.66. The summed E-state index contributed by atoms with van der Waals surface area (Å²) in [6.45, 7) is 3.51. The van der Waals surface area contributed by atoms with E-state index in [4.69, 9.17) is 4.74 Å². The van der Waals surface area contributed by atoms with Gasteiger partial charge in [0.2, 0.25) is 5.90 Å². The number of ether oxygens (including phenoxy) is 1. The second-order valence-corrected chi connectivity index (χ2v) is 2.19. The molecule has 1 aromatic rings. The summed E-state index contributed by atoms with van der Waals surface area (Å²) >= 11 is 0. The molecule has 0 saturated heterocycles. The van der Waals surface area contributed by atoms with E-state index in [1.54, 1.807) is 7.11 Å². The highest BCUT2D eigenvalue weighted by atomic mass is 16.5. The number of hydrogen-bond donors (Lipinski definition) is 0. The molecule has 12 heavy (non-hydrogen) atoms. The maximum absolute atomic E-state index is 5.06. The van der Waals surface area contributed by atoms with Gasteiger partial charge in [0.25, 0.3) is 0 Å². The van der Waals surface area contributed by atoms with Gasteiger partial charge in [0.15, 0.2) is 0 Å². The van der Waals surface area contributed by atoms with E-state index >= 15 is 0 Å². The van der Waals surface area contributed by atoms with Crippen molar-refractivity contribution in [3.8, 4) is 0 Å². The zero-order valence-electron chi connectivity index (χ0n) is 7.03. The Kier molecular flexibility index (Phi) is 3.08. The molecule has 62 valence electrons. The second kappa shape index (κ2) is 4.34. The van der Waals surface area contributed by atoms with Crippen molar-refractivity contribution in [1.29, 1.82) is 0 Å².